The number of rotatable bonds is 3. The number of ether oxygens (including phenoxy) is 1. The molecular formula is C17H15ClN2O3. The largest absolute Gasteiger partial charge is 0.496 e. The van der Waals surface area contributed by atoms with Crippen molar-refractivity contribution in [3.63, 3.8) is 0 Å². The van der Waals surface area contributed by atoms with Gasteiger partial charge in [-0.25, -0.2) is 0 Å². The summed E-state index contributed by atoms with van der Waals surface area (Å²) in [6, 6.07) is 5.11. The first kappa shape index (κ1) is 14.5. The molecule has 2 amide bonds. The number of amides is 2. The summed E-state index contributed by atoms with van der Waals surface area (Å²) in [5, 5.41) is 5.68. The van der Waals surface area contributed by atoms with E-state index in [0.717, 1.165) is 11.4 Å². The van der Waals surface area contributed by atoms with E-state index in [4.69, 9.17) is 16.3 Å². The number of nitrogens with zero attached hydrogens (tertiary/aromatic N) is 2. The van der Waals surface area contributed by atoms with Gasteiger partial charge in [0.2, 0.25) is 0 Å². The molecule has 1 heterocycles. The summed E-state index contributed by atoms with van der Waals surface area (Å²) < 4.78 is 5.24. The third-order valence-electron chi connectivity index (χ3n) is 4.95. The molecule has 118 valence electrons. The molecule has 2 fully saturated rings. The van der Waals surface area contributed by atoms with Crippen molar-refractivity contribution >= 4 is 29.6 Å². The lowest BCUT2D eigenvalue weighted by molar-refractivity contribution is -0.140. The molecule has 2 aliphatic carbocycles. The summed E-state index contributed by atoms with van der Waals surface area (Å²) in [5.41, 5.74) is 0.624. The highest BCUT2D eigenvalue weighted by molar-refractivity contribution is 6.30. The van der Waals surface area contributed by atoms with Crippen LogP contribution in [0.1, 0.15) is 12.0 Å². The van der Waals surface area contributed by atoms with Crippen LogP contribution < -0.4 is 4.74 Å². The van der Waals surface area contributed by atoms with Crippen LogP contribution in [0.5, 0.6) is 5.75 Å². The maximum absolute atomic E-state index is 12.5. The Morgan fingerprint density at radius 1 is 1.22 bits per heavy atom. The number of benzene rings is 1. The van der Waals surface area contributed by atoms with E-state index in [1.807, 2.05) is 0 Å². The van der Waals surface area contributed by atoms with Crippen molar-refractivity contribution in [3.05, 3.63) is 40.9 Å². The summed E-state index contributed by atoms with van der Waals surface area (Å²) >= 11 is 5.98. The predicted octanol–water partition coefficient (Wildman–Crippen LogP) is 2.49. The molecule has 6 heteroatoms. The van der Waals surface area contributed by atoms with Crippen molar-refractivity contribution in [2.75, 3.05) is 7.11 Å². The molecule has 4 rings (SSSR count). The number of halogens is 1. The Morgan fingerprint density at radius 2 is 1.87 bits per heavy atom. The SMILES string of the molecule is COc1ccc(Cl)cc1C=NN1C(=O)[C@@H]2[C@H](C1=O)[C@H]1C=C[C@H]2C1. The number of hydrogen-bond donors (Lipinski definition) is 0. The van der Waals surface area contributed by atoms with Crippen molar-refractivity contribution in [1.82, 2.24) is 5.01 Å². The molecule has 0 spiro atoms. The minimum Gasteiger partial charge on any atom is -0.496 e. The fourth-order valence-corrected chi connectivity index (χ4v) is 4.11. The second-order valence-electron chi connectivity index (χ2n) is 6.12. The molecule has 0 aromatic heterocycles. The third kappa shape index (κ3) is 2.10. The average molecular weight is 331 g/mol. The molecule has 1 saturated carbocycles. The van der Waals surface area contributed by atoms with Gasteiger partial charge in [-0.2, -0.15) is 10.1 Å². The first-order valence-corrected chi connectivity index (χ1v) is 7.91. The van der Waals surface area contributed by atoms with E-state index in [2.05, 4.69) is 17.3 Å². The van der Waals surface area contributed by atoms with Crippen molar-refractivity contribution in [2.24, 2.45) is 28.8 Å². The third-order valence-corrected chi connectivity index (χ3v) is 5.19. The Labute approximate surface area is 138 Å². The number of imide groups is 1. The lowest BCUT2D eigenvalue weighted by Crippen LogP contribution is -2.28. The minimum absolute atomic E-state index is 0.183. The number of carbonyl (C=O) groups excluding carboxylic acids is 2. The molecule has 23 heavy (non-hydrogen) atoms. The van der Waals surface area contributed by atoms with Crippen LogP contribution in [0.2, 0.25) is 5.02 Å². The first-order valence-electron chi connectivity index (χ1n) is 7.54. The van der Waals surface area contributed by atoms with E-state index in [-0.39, 0.29) is 35.5 Å². The van der Waals surface area contributed by atoms with Crippen LogP contribution in [-0.4, -0.2) is 30.1 Å². The lowest BCUT2D eigenvalue weighted by atomic mass is 9.85. The number of hydrazone groups is 1. The first-order chi connectivity index (χ1) is 11.1. The Balaban J connectivity index is 1.62. The summed E-state index contributed by atoms with van der Waals surface area (Å²) in [4.78, 5) is 25.1. The minimum atomic E-state index is -0.240. The molecule has 0 unspecified atom stereocenters. The maximum atomic E-state index is 12.5. The molecule has 1 aromatic rings. The Morgan fingerprint density at radius 3 is 2.48 bits per heavy atom. The van der Waals surface area contributed by atoms with E-state index in [0.29, 0.717) is 16.3 Å². The molecule has 1 saturated heterocycles. The van der Waals surface area contributed by atoms with Crippen LogP contribution in [0.4, 0.5) is 0 Å². The molecule has 5 nitrogen and oxygen atoms in total. The number of carbonyl (C=O) groups is 2. The lowest BCUT2D eigenvalue weighted by Gasteiger charge is -2.13. The van der Waals surface area contributed by atoms with E-state index in [1.54, 1.807) is 25.3 Å². The van der Waals surface area contributed by atoms with Gasteiger partial charge in [0, 0.05) is 10.6 Å². The molecule has 0 radical (unpaired) electrons. The van der Waals surface area contributed by atoms with Crippen LogP contribution >= 0.6 is 11.6 Å². The fourth-order valence-electron chi connectivity index (χ4n) is 3.93. The van der Waals surface area contributed by atoms with Gasteiger partial charge in [-0.05, 0) is 36.5 Å². The molecule has 1 aliphatic heterocycles. The summed E-state index contributed by atoms with van der Waals surface area (Å²) in [7, 11) is 1.54. The summed E-state index contributed by atoms with van der Waals surface area (Å²) in [6.45, 7) is 0. The van der Waals surface area contributed by atoms with Crippen molar-refractivity contribution in [3.8, 4) is 5.75 Å². The molecule has 1 aromatic carbocycles. The number of methoxy groups -OCH3 is 1. The molecule has 3 aliphatic rings. The van der Waals surface area contributed by atoms with Crippen LogP contribution in [-0.2, 0) is 9.59 Å². The van der Waals surface area contributed by atoms with Crippen LogP contribution in [0.25, 0.3) is 0 Å². The Bertz CT molecular complexity index is 728. The highest BCUT2D eigenvalue weighted by atomic mass is 35.5. The summed E-state index contributed by atoms with van der Waals surface area (Å²) in [5.74, 6) is 0.0684. The average Bonchev–Trinajstić information content (AvgIpc) is 3.21. The van der Waals surface area contributed by atoms with Crippen LogP contribution in [0, 0.1) is 23.7 Å². The van der Waals surface area contributed by atoms with Gasteiger partial charge in [-0.1, -0.05) is 23.8 Å². The quantitative estimate of drug-likeness (QED) is 0.486. The molecule has 2 bridgehead atoms. The smallest absolute Gasteiger partial charge is 0.254 e. The molecular weight excluding hydrogens is 316 g/mol. The van der Waals surface area contributed by atoms with E-state index in [9.17, 15) is 9.59 Å². The van der Waals surface area contributed by atoms with Gasteiger partial charge < -0.3 is 4.74 Å². The van der Waals surface area contributed by atoms with E-state index < -0.39 is 0 Å². The zero-order valence-electron chi connectivity index (χ0n) is 12.5. The van der Waals surface area contributed by atoms with Crippen LogP contribution in [0.15, 0.2) is 35.5 Å². The number of allylic oxidation sites excluding steroid dienone is 2. The Hall–Kier alpha value is -2.14. The molecule has 4 atom stereocenters. The van der Waals surface area contributed by atoms with Gasteiger partial charge in [0.15, 0.2) is 0 Å². The van der Waals surface area contributed by atoms with Gasteiger partial charge in [0.25, 0.3) is 11.8 Å². The van der Waals surface area contributed by atoms with Crippen LogP contribution in [0.3, 0.4) is 0 Å². The Kier molecular flexibility index (Phi) is 3.27. The van der Waals surface area contributed by atoms with Gasteiger partial charge in [0.05, 0.1) is 25.2 Å². The van der Waals surface area contributed by atoms with Gasteiger partial charge in [-0.15, -0.1) is 0 Å². The number of hydrogen-bond acceptors (Lipinski definition) is 4. The maximum Gasteiger partial charge on any atom is 0.254 e. The summed E-state index contributed by atoms with van der Waals surface area (Å²) in [6.07, 6.45) is 6.48. The van der Waals surface area contributed by atoms with Crippen molar-refractivity contribution in [1.29, 1.82) is 0 Å². The van der Waals surface area contributed by atoms with Crippen molar-refractivity contribution in [2.45, 2.75) is 6.42 Å². The van der Waals surface area contributed by atoms with E-state index in [1.165, 1.54) is 6.21 Å². The normalized spacial score (nSPS) is 31.5. The topological polar surface area (TPSA) is 59.0 Å². The van der Waals surface area contributed by atoms with E-state index >= 15 is 0 Å². The fraction of sp³-hybridized carbons (Fsp3) is 0.353. The van der Waals surface area contributed by atoms with Gasteiger partial charge in [0.1, 0.15) is 5.75 Å². The zero-order chi connectivity index (χ0) is 16.1. The monoisotopic (exact) mass is 330 g/mol. The van der Waals surface area contributed by atoms with Crippen molar-refractivity contribution < 1.29 is 14.3 Å². The molecule has 0 N–H and O–H groups in total. The highest BCUT2D eigenvalue weighted by Crippen LogP contribution is 2.52. The zero-order valence-corrected chi connectivity index (χ0v) is 13.2. The van der Waals surface area contributed by atoms with Gasteiger partial charge >= 0.3 is 0 Å². The second kappa shape index (κ2) is 5.20. The highest BCUT2D eigenvalue weighted by Gasteiger charge is 2.59. The predicted molar refractivity (Wildman–Crippen MR) is 85.2 cm³/mol. The standard InChI is InChI=1S/C17H15ClN2O3/c1-23-13-5-4-12(18)7-11(13)8-19-20-16(21)14-9-2-3-10(6-9)15(14)17(20)22/h2-5,7-10,14-15H,6H2,1H3/t9-,10-,14-,15+/m0/s1. The number of fused-ring (bicyclic) bond motifs is 5. The van der Waals surface area contributed by atoms with Gasteiger partial charge in [-0.3, -0.25) is 9.59 Å². The second-order valence-corrected chi connectivity index (χ2v) is 6.56.